The van der Waals surface area contributed by atoms with Crippen molar-refractivity contribution in [3.63, 3.8) is 0 Å². The molecule has 1 aromatic carbocycles. The maximum atomic E-state index is 12.2. The van der Waals surface area contributed by atoms with E-state index in [4.69, 9.17) is 11.0 Å². The molecule has 0 radical (unpaired) electrons. The molecule has 0 bridgehead atoms. The summed E-state index contributed by atoms with van der Waals surface area (Å²) in [6.07, 6.45) is 1.76. The van der Waals surface area contributed by atoms with E-state index in [-0.39, 0.29) is 5.91 Å². The Morgan fingerprint density at radius 3 is 2.62 bits per heavy atom. The second-order valence-electron chi connectivity index (χ2n) is 5.33. The van der Waals surface area contributed by atoms with Gasteiger partial charge in [0.25, 0.3) is 0 Å². The summed E-state index contributed by atoms with van der Waals surface area (Å²) in [6.45, 7) is 4.05. The van der Waals surface area contributed by atoms with Crippen LogP contribution in [-0.2, 0) is 11.2 Å². The lowest BCUT2D eigenvalue weighted by molar-refractivity contribution is -0.132. The van der Waals surface area contributed by atoms with Crippen molar-refractivity contribution >= 4 is 11.6 Å². The third-order valence-electron chi connectivity index (χ3n) is 3.93. The van der Waals surface area contributed by atoms with Crippen LogP contribution in [0.5, 0.6) is 0 Å². The van der Waals surface area contributed by atoms with Gasteiger partial charge < -0.3 is 10.6 Å². The van der Waals surface area contributed by atoms with E-state index in [1.54, 1.807) is 0 Å². The van der Waals surface area contributed by atoms with Crippen molar-refractivity contribution in [2.75, 3.05) is 38.5 Å². The molecule has 21 heavy (non-hydrogen) atoms. The summed E-state index contributed by atoms with van der Waals surface area (Å²) in [5.74, 6) is 0.193. The number of benzene rings is 1. The van der Waals surface area contributed by atoms with E-state index in [0.29, 0.717) is 19.3 Å². The lowest BCUT2D eigenvalue weighted by atomic mass is 10.1. The molecule has 1 saturated heterocycles. The fraction of sp³-hybridized carbons (Fsp3) is 0.500. The summed E-state index contributed by atoms with van der Waals surface area (Å²) in [5.41, 5.74) is 7.69. The number of rotatable bonds is 5. The Labute approximate surface area is 125 Å². The van der Waals surface area contributed by atoms with E-state index in [1.807, 2.05) is 29.2 Å². The van der Waals surface area contributed by atoms with Crippen molar-refractivity contribution in [3.8, 4) is 6.07 Å². The Hall–Kier alpha value is -2.06. The topological polar surface area (TPSA) is 73.4 Å². The minimum Gasteiger partial charge on any atom is -0.399 e. The number of hydrogen-bond donors (Lipinski definition) is 1. The molecule has 1 aromatic rings. The highest BCUT2D eigenvalue weighted by Gasteiger charge is 2.20. The predicted molar refractivity (Wildman–Crippen MR) is 82.4 cm³/mol. The Kier molecular flexibility index (Phi) is 5.59. The molecule has 1 amide bonds. The minimum atomic E-state index is 0.193. The van der Waals surface area contributed by atoms with Gasteiger partial charge in [-0.15, -0.1) is 0 Å². The number of aryl methyl sites for hydroxylation is 1. The fourth-order valence-electron chi connectivity index (χ4n) is 2.59. The number of nitrogen functional groups attached to an aromatic ring is 1. The molecule has 5 heteroatoms. The van der Waals surface area contributed by atoms with Crippen molar-refractivity contribution in [2.45, 2.75) is 19.3 Å². The molecule has 112 valence electrons. The number of carbonyl (C=O) groups is 1. The van der Waals surface area contributed by atoms with Gasteiger partial charge in [-0.05, 0) is 18.1 Å². The predicted octanol–water partition coefficient (Wildman–Crippen LogP) is 1.26. The van der Waals surface area contributed by atoms with Gasteiger partial charge in [0.2, 0.25) is 5.91 Å². The highest BCUT2D eigenvalue weighted by Crippen LogP contribution is 2.14. The molecule has 1 aliphatic heterocycles. The average molecular weight is 286 g/mol. The molecule has 1 aliphatic rings. The normalized spacial score (nSPS) is 15.7. The molecule has 0 spiro atoms. The first-order valence-electron chi connectivity index (χ1n) is 7.41. The van der Waals surface area contributed by atoms with Crippen molar-refractivity contribution in [2.24, 2.45) is 0 Å². The second kappa shape index (κ2) is 7.65. The molecule has 0 unspecified atom stereocenters. The molecule has 5 nitrogen and oxygen atoms in total. The molecule has 2 N–H and O–H groups in total. The monoisotopic (exact) mass is 286 g/mol. The second-order valence-corrected chi connectivity index (χ2v) is 5.33. The zero-order valence-electron chi connectivity index (χ0n) is 12.3. The van der Waals surface area contributed by atoms with Crippen LogP contribution in [-0.4, -0.2) is 48.4 Å². The third kappa shape index (κ3) is 4.47. The number of nitrogens with two attached hydrogens (primary N) is 1. The Bertz CT molecular complexity index is 515. The van der Waals surface area contributed by atoms with E-state index in [0.717, 1.165) is 44.0 Å². The van der Waals surface area contributed by atoms with Crippen LogP contribution in [0.3, 0.4) is 0 Å². The zero-order valence-corrected chi connectivity index (χ0v) is 12.3. The number of para-hydroxylation sites is 1. The lowest BCUT2D eigenvalue weighted by Crippen LogP contribution is -2.48. The standard InChI is InChI=1S/C16H22N4O/c17-8-3-9-19-10-12-20(13-11-19)16(21)7-6-14-4-1-2-5-15(14)18/h1-2,4-5H,3,6-7,9-13,18H2. The summed E-state index contributed by atoms with van der Waals surface area (Å²) in [4.78, 5) is 16.4. The summed E-state index contributed by atoms with van der Waals surface area (Å²) in [6, 6.07) is 9.85. The van der Waals surface area contributed by atoms with Crippen LogP contribution >= 0.6 is 0 Å². The van der Waals surface area contributed by atoms with Crippen LogP contribution in [0.4, 0.5) is 5.69 Å². The first-order valence-corrected chi connectivity index (χ1v) is 7.41. The largest absolute Gasteiger partial charge is 0.399 e. The zero-order chi connectivity index (χ0) is 15.1. The van der Waals surface area contributed by atoms with Crippen LogP contribution < -0.4 is 5.73 Å². The summed E-state index contributed by atoms with van der Waals surface area (Å²) < 4.78 is 0. The van der Waals surface area contributed by atoms with Crippen LogP contribution in [0.2, 0.25) is 0 Å². The Balaban J connectivity index is 1.75. The number of amides is 1. The highest BCUT2D eigenvalue weighted by atomic mass is 16.2. The number of piperazine rings is 1. The number of hydrogen-bond acceptors (Lipinski definition) is 4. The maximum absolute atomic E-state index is 12.2. The van der Waals surface area contributed by atoms with Crippen LogP contribution in [0.25, 0.3) is 0 Å². The molecular weight excluding hydrogens is 264 g/mol. The van der Waals surface area contributed by atoms with Crippen LogP contribution in [0, 0.1) is 11.3 Å². The number of carbonyl (C=O) groups excluding carboxylic acids is 1. The van der Waals surface area contributed by atoms with Gasteiger partial charge >= 0.3 is 0 Å². The first kappa shape index (κ1) is 15.3. The Morgan fingerprint density at radius 1 is 1.24 bits per heavy atom. The third-order valence-corrected chi connectivity index (χ3v) is 3.93. The molecule has 1 heterocycles. The summed E-state index contributed by atoms with van der Waals surface area (Å²) in [7, 11) is 0. The average Bonchev–Trinajstić information content (AvgIpc) is 2.52. The van der Waals surface area contributed by atoms with E-state index >= 15 is 0 Å². The SMILES string of the molecule is N#CCCN1CCN(C(=O)CCc2ccccc2N)CC1. The summed E-state index contributed by atoms with van der Waals surface area (Å²) in [5, 5.41) is 8.59. The molecular formula is C16H22N4O. The number of nitrogens with zero attached hydrogens (tertiary/aromatic N) is 3. The van der Waals surface area contributed by atoms with Crippen LogP contribution in [0.15, 0.2) is 24.3 Å². The summed E-state index contributed by atoms with van der Waals surface area (Å²) >= 11 is 0. The number of anilines is 1. The van der Waals surface area contributed by atoms with Crippen molar-refractivity contribution in [1.29, 1.82) is 5.26 Å². The molecule has 1 fully saturated rings. The molecule has 0 aromatic heterocycles. The van der Waals surface area contributed by atoms with Crippen LogP contribution in [0.1, 0.15) is 18.4 Å². The van der Waals surface area contributed by atoms with Gasteiger partial charge in [-0.3, -0.25) is 9.69 Å². The molecule has 0 atom stereocenters. The first-order chi connectivity index (χ1) is 10.2. The molecule has 0 aliphatic carbocycles. The minimum absolute atomic E-state index is 0.193. The maximum Gasteiger partial charge on any atom is 0.222 e. The van der Waals surface area contributed by atoms with E-state index in [9.17, 15) is 4.79 Å². The smallest absolute Gasteiger partial charge is 0.222 e. The van der Waals surface area contributed by atoms with Crippen molar-refractivity contribution < 1.29 is 4.79 Å². The van der Waals surface area contributed by atoms with Gasteiger partial charge in [0, 0.05) is 51.3 Å². The quantitative estimate of drug-likeness (QED) is 0.827. The van der Waals surface area contributed by atoms with E-state index < -0.39 is 0 Å². The van der Waals surface area contributed by atoms with Crippen molar-refractivity contribution in [3.05, 3.63) is 29.8 Å². The van der Waals surface area contributed by atoms with Gasteiger partial charge in [-0.25, -0.2) is 0 Å². The van der Waals surface area contributed by atoms with E-state index in [1.165, 1.54) is 0 Å². The van der Waals surface area contributed by atoms with Gasteiger partial charge in [0.1, 0.15) is 0 Å². The Morgan fingerprint density at radius 2 is 1.95 bits per heavy atom. The molecule has 2 rings (SSSR count). The van der Waals surface area contributed by atoms with Gasteiger partial charge in [-0.1, -0.05) is 18.2 Å². The van der Waals surface area contributed by atoms with Crippen molar-refractivity contribution in [1.82, 2.24) is 9.80 Å². The fourth-order valence-corrected chi connectivity index (χ4v) is 2.59. The van der Waals surface area contributed by atoms with E-state index in [2.05, 4.69) is 11.0 Å². The highest BCUT2D eigenvalue weighted by molar-refractivity contribution is 5.76. The van der Waals surface area contributed by atoms with Gasteiger partial charge in [0.05, 0.1) is 6.07 Å². The lowest BCUT2D eigenvalue weighted by Gasteiger charge is -2.34. The molecule has 0 saturated carbocycles. The van der Waals surface area contributed by atoms with Gasteiger partial charge in [0.15, 0.2) is 0 Å². The van der Waals surface area contributed by atoms with Gasteiger partial charge in [-0.2, -0.15) is 5.26 Å². The number of nitriles is 1.